The van der Waals surface area contributed by atoms with E-state index in [1.807, 2.05) is 32.9 Å². The van der Waals surface area contributed by atoms with Gasteiger partial charge >= 0.3 is 5.97 Å². The Morgan fingerprint density at radius 3 is 2.30 bits per heavy atom. The number of aliphatic carboxylic acids is 1. The van der Waals surface area contributed by atoms with Crippen molar-refractivity contribution in [3.8, 4) is 5.75 Å². The Bertz CT molecular complexity index is 771. The Hall–Kier alpha value is -2.83. The van der Waals surface area contributed by atoms with Crippen LogP contribution in [0.25, 0.3) is 0 Å². The van der Waals surface area contributed by atoms with Gasteiger partial charge in [-0.1, -0.05) is 23.3 Å². The smallest absolute Gasteiger partial charge is 0.307 e. The zero-order valence-electron chi connectivity index (χ0n) is 16.0. The van der Waals surface area contributed by atoms with Crippen LogP contribution in [0.2, 0.25) is 0 Å². The number of nitrogens with one attached hydrogen (secondary N) is 2. The molecule has 0 heterocycles. The largest absolute Gasteiger partial charge is 0.481 e. The lowest BCUT2D eigenvalue weighted by molar-refractivity contribution is -0.148. The van der Waals surface area contributed by atoms with Crippen molar-refractivity contribution in [2.45, 2.75) is 46.6 Å². The van der Waals surface area contributed by atoms with Crippen LogP contribution in [0, 0.1) is 18.8 Å². The Kier molecular flexibility index (Phi) is 6.60. The van der Waals surface area contributed by atoms with Gasteiger partial charge in [0.05, 0.1) is 11.8 Å². The fraction of sp³-hybridized carbons (Fsp3) is 0.450. The number of rotatable bonds is 5. The standard InChI is InChI=1S/C20H26N2O5/c1-11-6-5-7-15(8-11)27-14(4)18(23)21-22-19(24)16-9-12(2)13(3)10-17(16)20(25)26/h5-8,14,16-17H,9-10H2,1-4H3,(H,21,23)(H,22,24)(H,25,26)/t14-,16-,17+/m1/s1. The molecule has 0 aliphatic heterocycles. The number of amides is 2. The van der Waals surface area contributed by atoms with E-state index in [4.69, 9.17) is 4.74 Å². The van der Waals surface area contributed by atoms with E-state index < -0.39 is 35.7 Å². The van der Waals surface area contributed by atoms with Gasteiger partial charge in [0.15, 0.2) is 6.10 Å². The van der Waals surface area contributed by atoms with Crippen molar-refractivity contribution in [2.75, 3.05) is 0 Å². The minimum absolute atomic E-state index is 0.333. The quantitative estimate of drug-likeness (QED) is 0.542. The van der Waals surface area contributed by atoms with Gasteiger partial charge in [0, 0.05) is 0 Å². The van der Waals surface area contributed by atoms with Crippen LogP contribution in [-0.4, -0.2) is 29.0 Å². The number of allylic oxidation sites excluding steroid dienone is 2. The number of hydrazine groups is 1. The second-order valence-electron chi connectivity index (χ2n) is 7.08. The van der Waals surface area contributed by atoms with E-state index in [0.29, 0.717) is 18.6 Å². The van der Waals surface area contributed by atoms with Crippen molar-refractivity contribution in [1.82, 2.24) is 10.9 Å². The minimum Gasteiger partial charge on any atom is -0.481 e. The maximum Gasteiger partial charge on any atom is 0.307 e. The number of carbonyl (C=O) groups excluding carboxylic acids is 2. The van der Waals surface area contributed by atoms with Crippen molar-refractivity contribution in [2.24, 2.45) is 11.8 Å². The minimum atomic E-state index is -1.01. The molecule has 1 aliphatic rings. The molecule has 7 heteroatoms. The van der Waals surface area contributed by atoms with E-state index in [2.05, 4.69) is 10.9 Å². The Morgan fingerprint density at radius 1 is 1.07 bits per heavy atom. The molecule has 2 rings (SSSR count). The zero-order chi connectivity index (χ0) is 20.1. The zero-order valence-corrected chi connectivity index (χ0v) is 16.0. The molecule has 0 bridgehead atoms. The second kappa shape index (κ2) is 8.70. The van der Waals surface area contributed by atoms with E-state index in [1.165, 1.54) is 0 Å². The molecule has 1 aromatic carbocycles. The monoisotopic (exact) mass is 374 g/mol. The Labute approximate surface area is 158 Å². The summed E-state index contributed by atoms with van der Waals surface area (Å²) in [6.45, 7) is 7.26. The summed E-state index contributed by atoms with van der Waals surface area (Å²) in [5.41, 5.74) is 7.68. The highest BCUT2D eigenvalue weighted by Gasteiger charge is 2.37. The molecule has 0 aromatic heterocycles. The molecule has 1 aromatic rings. The van der Waals surface area contributed by atoms with Crippen molar-refractivity contribution in [3.05, 3.63) is 41.0 Å². The first-order chi connectivity index (χ1) is 12.7. The Balaban J connectivity index is 1.93. The number of aryl methyl sites for hydroxylation is 1. The summed E-state index contributed by atoms with van der Waals surface area (Å²) in [4.78, 5) is 36.1. The van der Waals surface area contributed by atoms with Gasteiger partial charge < -0.3 is 9.84 Å². The fourth-order valence-corrected chi connectivity index (χ4v) is 3.09. The molecule has 1 aliphatic carbocycles. The molecule has 3 N–H and O–H groups in total. The van der Waals surface area contributed by atoms with Gasteiger partial charge in [-0.3, -0.25) is 25.2 Å². The number of benzene rings is 1. The van der Waals surface area contributed by atoms with E-state index in [9.17, 15) is 19.5 Å². The van der Waals surface area contributed by atoms with Crippen LogP contribution in [-0.2, 0) is 14.4 Å². The van der Waals surface area contributed by atoms with Crippen molar-refractivity contribution >= 4 is 17.8 Å². The highest BCUT2D eigenvalue weighted by atomic mass is 16.5. The average molecular weight is 374 g/mol. The average Bonchev–Trinajstić information content (AvgIpc) is 2.61. The summed E-state index contributed by atoms with van der Waals surface area (Å²) in [5.74, 6) is -3.00. The third-order valence-corrected chi connectivity index (χ3v) is 4.90. The molecule has 0 spiro atoms. The summed E-state index contributed by atoms with van der Waals surface area (Å²) in [6, 6.07) is 7.29. The lowest BCUT2D eigenvalue weighted by Crippen LogP contribution is -2.51. The number of carboxylic acids is 1. The number of hydrogen-bond donors (Lipinski definition) is 3. The summed E-state index contributed by atoms with van der Waals surface area (Å²) >= 11 is 0. The lowest BCUT2D eigenvalue weighted by atomic mass is 9.76. The molecular formula is C20H26N2O5. The fourth-order valence-electron chi connectivity index (χ4n) is 3.09. The molecule has 0 saturated heterocycles. The Morgan fingerprint density at radius 2 is 1.70 bits per heavy atom. The predicted molar refractivity (Wildman–Crippen MR) is 99.8 cm³/mol. The number of ether oxygens (including phenoxy) is 1. The molecule has 146 valence electrons. The topological polar surface area (TPSA) is 105 Å². The van der Waals surface area contributed by atoms with Gasteiger partial charge in [-0.05, 0) is 58.2 Å². The highest BCUT2D eigenvalue weighted by molar-refractivity contribution is 5.88. The molecule has 27 heavy (non-hydrogen) atoms. The predicted octanol–water partition coefficient (Wildman–Crippen LogP) is 2.36. The van der Waals surface area contributed by atoms with Gasteiger partial charge in [-0.15, -0.1) is 0 Å². The SMILES string of the molecule is CC1=C(C)C[C@@H](C(=O)NNC(=O)[C@@H](C)Oc2cccc(C)c2)[C@@H](C(=O)O)C1. The summed E-state index contributed by atoms with van der Waals surface area (Å²) in [7, 11) is 0. The first-order valence-corrected chi connectivity index (χ1v) is 8.90. The number of hydrogen-bond acceptors (Lipinski definition) is 4. The normalized spacial score (nSPS) is 20.6. The molecule has 0 saturated carbocycles. The maximum absolute atomic E-state index is 12.4. The van der Waals surface area contributed by atoms with Gasteiger partial charge in [0.2, 0.25) is 5.91 Å². The number of carboxylic acid groups (broad SMARTS) is 1. The van der Waals surface area contributed by atoms with Crippen molar-refractivity contribution in [1.29, 1.82) is 0 Å². The van der Waals surface area contributed by atoms with Crippen molar-refractivity contribution in [3.63, 3.8) is 0 Å². The molecule has 0 unspecified atom stereocenters. The lowest BCUT2D eigenvalue weighted by Gasteiger charge is -2.29. The molecular weight excluding hydrogens is 348 g/mol. The van der Waals surface area contributed by atoms with E-state index in [1.54, 1.807) is 19.1 Å². The van der Waals surface area contributed by atoms with Crippen LogP contribution < -0.4 is 15.6 Å². The summed E-state index contributed by atoms with van der Waals surface area (Å²) < 4.78 is 5.56. The third-order valence-electron chi connectivity index (χ3n) is 4.90. The second-order valence-corrected chi connectivity index (χ2v) is 7.08. The molecule has 3 atom stereocenters. The summed E-state index contributed by atoms with van der Waals surface area (Å²) in [6.07, 6.45) is -0.127. The van der Waals surface area contributed by atoms with Crippen LogP contribution in [0.4, 0.5) is 0 Å². The van der Waals surface area contributed by atoms with E-state index >= 15 is 0 Å². The molecule has 0 fully saturated rings. The van der Waals surface area contributed by atoms with E-state index in [0.717, 1.165) is 16.7 Å². The maximum atomic E-state index is 12.4. The first kappa shape index (κ1) is 20.5. The van der Waals surface area contributed by atoms with Gasteiger partial charge in [0.25, 0.3) is 5.91 Å². The third kappa shape index (κ3) is 5.32. The number of carbonyl (C=O) groups is 3. The van der Waals surface area contributed by atoms with Gasteiger partial charge in [-0.25, -0.2) is 0 Å². The van der Waals surface area contributed by atoms with E-state index in [-0.39, 0.29) is 0 Å². The van der Waals surface area contributed by atoms with Gasteiger partial charge in [0.1, 0.15) is 5.75 Å². The molecule has 2 amide bonds. The van der Waals surface area contributed by atoms with Crippen molar-refractivity contribution < 1.29 is 24.2 Å². The first-order valence-electron chi connectivity index (χ1n) is 8.90. The van der Waals surface area contributed by atoms with Crippen LogP contribution in [0.3, 0.4) is 0 Å². The van der Waals surface area contributed by atoms with Crippen LogP contribution in [0.15, 0.2) is 35.4 Å². The van der Waals surface area contributed by atoms with Crippen LogP contribution >= 0.6 is 0 Å². The van der Waals surface area contributed by atoms with Crippen LogP contribution in [0.1, 0.15) is 39.2 Å². The molecule has 0 radical (unpaired) electrons. The highest BCUT2D eigenvalue weighted by Crippen LogP contribution is 2.34. The van der Waals surface area contributed by atoms with Crippen LogP contribution in [0.5, 0.6) is 5.75 Å². The van der Waals surface area contributed by atoms with Gasteiger partial charge in [-0.2, -0.15) is 0 Å². The molecule has 7 nitrogen and oxygen atoms in total. The summed E-state index contributed by atoms with van der Waals surface area (Å²) in [5, 5.41) is 9.40.